The molecule has 1 aliphatic rings. The zero-order chi connectivity index (χ0) is 15.4. The molecule has 0 spiro atoms. The van der Waals surface area contributed by atoms with Gasteiger partial charge in [-0.2, -0.15) is 0 Å². The fourth-order valence-electron chi connectivity index (χ4n) is 3.67. The van der Waals surface area contributed by atoms with E-state index in [4.69, 9.17) is 4.74 Å². The van der Waals surface area contributed by atoms with Gasteiger partial charge in [0.05, 0.1) is 13.2 Å². The molecule has 0 bridgehead atoms. The average molecular weight is 297 g/mol. The van der Waals surface area contributed by atoms with Gasteiger partial charge < -0.3 is 9.64 Å². The largest absolute Gasteiger partial charge is 0.378 e. The summed E-state index contributed by atoms with van der Waals surface area (Å²) in [6.07, 6.45) is 3.74. The van der Waals surface area contributed by atoms with Crippen LogP contribution in [0.4, 0.5) is 5.69 Å². The molecule has 0 aromatic heterocycles. The maximum absolute atomic E-state index is 5.50. The van der Waals surface area contributed by atoms with Gasteiger partial charge in [-0.05, 0) is 35.8 Å². The van der Waals surface area contributed by atoms with E-state index in [9.17, 15) is 0 Å². The zero-order valence-corrected chi connectivity index (χ0v) is 13.8. The molecule has 2 aromatic rings. The summed E-state index contributed by atoms with van der Waals surface area (Å²) in [7, 11) is 0. The van der Waals surface area contributed by atoms with Crippen LogP contribution in [0, 0.1) is 0 Å². The second-order valence-electron chi connectivity index (χ2n) is 6.21. The minimum absolute atomic E-state index is 0.675. The van der Waals surface area contributed by atoms with E-state index in [0.717, 1.165) is 26.3 Å². The van der Waals surface area contributed by atoms with Crippen LogP contribution in [0.25, 0.3) is 10.8 Å². The monoisotopic (exact) mass is 297 g/mol. The lowest BCUT2D eigenvalue weighted by molar-refractivity contribution is 0.123. The number of morpholine rings is 1. The number of ether oxygens (including phenoxy) is 1. The first-order valence-corrected chi connectivity index (χ1v) is 8.69. The summed E-state index contributed by atoms with van der Waals surface area (Å²) in [6.45, 7) is 8.26. The Labute approximate surface area is 134 Å². The van der Waals surface area contributed by atoms with E-state index < -0.39 is 0 Å². The van der Waals surface area contributed by atoms with Gasteiger partial charge in [0.25, 0.3) is 0 Å². The Kier molecular flexibility index (Phi) is 4.99. The Hall–Kier alpha value is -1.54. The molecular formula is C20H27NO. The van der Waals surface area contributed by atoms with Crippen molar-refractivity contribution in [2.45, 2.75) is 39.0 Å². The number of fused-ring (bicyclic) bond motifs is 1. The number of hydrogen-bond donors (Lipinski definition) is 0. The SMILES string of the molecule is CCCC(CC)c1ccc(N2CCOCC2)c2ccccc12. The van der Waals surface area contributed by atoms with Crippen LogP contribution in [0.15, 0.2) is 36.4 Å². The standard InChI is InChI=1S/C20H27NO/c1-3-7-16(4-2)17-10-11-20(21-12-14-22-15-13-21)19-9-6-5-8-18(17)19/h5-6,8-11,16H,3-4,7,12-15H2,1-2H3. The lowest BCUT2D eigenvalue weighted by atomic mass is 9.88. The van der Waals surface area contributed by atoms with Crippen molar-refractivity contribution in [2.75, 3.05) is 31.2 Å². The predicted octanol–water partition coefficient (Wildman–Crippen LogP) is 4.97. The molecule has 1 atom stereocenters. The molecule has 1 heterocycles. The molecule has 1 unspecified atom stereocenters. The van der Waals surface area contributed by atoms with Gasteiger partial charge in [-0.3, -0.25) is 0 Å². The van der Waals surface area contributed by atoms with Gasteiger partial charge in [-0.15, -0.1) is 0 Å². The van der Waals surface area contributed by atoms with E-state index in [-0.39, 0.29) is 0 Å². The van der Waals surface area contributed by atoms with Crippen molar-refractivity contribution >= 4 is 16.5 Å². The van der Waals surface area contributed by atoms with Crippen molar-refractivity contribution in [3.05, 3.63) is 42.0 Å². The van der Waals surface area contributed by atoms with Crippen molar-refractivity contribution in [3.63, 3.8) is 0 Å². The molecule has 22 heavy (non-hydrogen) atoms. The Morgan fingerprint density at radius 3 is 2.41 bits per heavy atom. The number of nitrogens with zero attached hydrogens (tertiary/aromatic N) is 1. The number of benzene rings is 2. The van der Waals surface area contributed by atoms with Gasteiger partial charge in [-0.25, -0.2) is 0 Å². The van der Waals surface area contributed by atoms with E-state index >= 15 is 0 Å². The summed E-state index contributed by atoms with van der Waals surface area (Å²) >= 11 is 0. The molecule has 1 aliphatic heterocycles. The predicted molar refractivity (Wildman–Crippen MR) is 94.9 cm³/mol. The van der Waals surface area contributed by atoms with Crippen molar-refractivity contribution in [1.82, 2.24) is 0 Å². The molecular weight excluding hydrogens is 270 g/mol. The first-order valence-electron chi connectivity index (χ1n) is 8.69. The fraction of sp³-hybridized carbons (Fsp3) is 0.500. The van der Waals surface area contributed by atoms with Gasteiger partial charge in [0, 0.05) is 24.2 Å². The molecule has 0 aliphatic carbocycles. The number of rotatable bonds is 5. The maximum Gasteiger partial charge on any atom is 0.0642 e. The van der Waals surface area contributed by atoms with Crippen LogP contribution >= 0.6 is 0 Å². The summed E-state index contributed by atoms with van der Waals surface area (Å²) in [5, 5.41) is 2.84. The van der Waals surface area contributed by atoms with Crippen LogP contribution in [0.2, 0.25) is 0 Å². The summed E-state index contributed by atoms with van der Waals surface area (Å²) in [4.78, 5) is 2.47. The lowest BCUT2D eigenvalue weighted by Crippen LogP contribution is -2.36. The van der Waals surface area contributed by atoms with E-state index in [0.29, 0.717) is 5.92 Å². The molecule has 0 saturated carbocycles. The molecule has 3 rings (SSSR count). The molecule has 2 heteroatoms. The molecule has 1 fully saturated rings. The highest BCUT2D eigenvalue weighted by atomic mass is 16.5. The highest BCUT2D eigenvalue weighted by Crippen LogP contribution is 2.36. The Balaban J connectivity index is 2.06. The molecule has 1 saturated heterocycles. The van der Waals surface area contributed by atoms with E-state index in [1.54, 1.807) is 0 Å². The maximum atomic E-state index is 5.50. The average Bonchev–Trinajstić information content (AvgIpc) is 2.60. The minimum Gasteiger partial charge on any atom is -0.378 e. The highest BCUT2D eigenvalue weighted by molar-refractivity contribution is 5.96. The molecule has 118 valence electrons. The smallest absolute Gasteiger partial charge is 0.0642 e. The Bertz CT molecular complexity index is 573. The first-order chi connectivity index (χ1) is 10.8. The number of anilines is 1. The van der Waals surface area contributed by atoms with Crippen LogP contribution < -0.4 is 4.90 Å². The van der Waals surface area contributed by atoms with Crippen LogP contribution in [0.1, 0.15) is 44.6 Å². The zero-order valence-electron chi connectivity index (χ0n) is 13.8. The fourth-order valence-corrected chi connectivity index (χ4v) is 3.67. The van der Waals surface area contributed by atoms with Gasteiger partial charge in [0.15, 0.2) is 0 Å². The molecule has 2 aromatic carbocycles. The Morgan fingerprint density at radius 2 is 1.73 bits per heavy atom. The topological polar surface area (TPSA) is 12.5 Å². The third-order valence-electron chi connectivity index (χ3n) is 4.86. The van der Waals surface area contributed by atoms with Crippen LogP contribution in [0.5, 0.6) is 0 Å². The highest BCUT2D eigenvalue weighted by Gasteiger charge is 2.17. The summed E-state index contributed by atoms with van der Waals surface area (Å²) in [5.41, 5.74) is 2.89. The van der Waals surface area contributed by atoms with Crippen molar-refractivity contribution < 1.29 is 4.74 Å². The van der Waals surface area contributed by atoms with Crippen molar-refractivity contribution in [1.29, 1.82) is 0 Å². The van der Waals surface area contributed by atoms with Gasteiger partial charge in [0.2, 0.25) is 0 Å². The number of hydrogen-bond acceptors (Lipinski definition) is 2. The van der Waals surface area contributed by atoms with Crippen LogP contribution in [-0.4, -0.2) is 26.3 Å². The Morgan fingerprint density at radius 1 is 1.00 bits per heavy atom. The molecule has 0 N–H and O–H groups in total. The van der Waals surface area contributed by atoms with Crippen LogP contribution in [-0.2, 0) is 4.74 Å². The minimum atomic E-state index is 0.675. The third-order valence-corrected chi connectivity index (χ3v) is 4.86. The van der Waals surface area contributed by atoms with E-state index in [1.807, 2.05) is 0 Å². The normalized spacial score (nSPS) is 16.9. The van der Waals surface area contributed by atoms with E-state index in [1.165, 1.54) is 41.3 Å². The van der Waals surface area contributed by atoms with Gasteiger partial charge >= 0.3 is 0 Å². The van der Waals surface area contributed by atoms with Crippen LogP contribution in [0.3, 0.4) is 0 Å². The second kappa shape index (κ2) is 7.15. The quantitative estimate of drug-likeness (QED) is 0.772. The summed E-state index contributed by atoms with van der Waals surface area (Å²) in [5.74, 6) is 0.675. The second-order valence-corrected chi connectivity index (χ2v) is 6.21. The van der Waals surface area contributed by atoms with Gasteiger partial charge in [0.1, 0.15) is 0 Å². The summed E-state index contributed by atoms with van der Waals surface area (Å²) in [6, 6.07) is 13.6. The summed E-state index contributed by atoms with van der Waals surface area (Å²) < 4.78 is 5.50. The first kappa shape index (κ1) is 15.4. The molecule has 0 radical (unpaired) electrons. The lowest BCUT2D eigenvalue weighted by Gasteiger charge is -2.31. The van der Waals surface area contributed by atoms with E-state index in [2.05, 4.69) is 55.1 Å². The third kappa shape index (κ3) is 2.98. The molecule has 2 nitrogen and oxygen atoms in total. The van der Waals surface area contributed by atoms with Crippen molar-refractivity contribution in [3.8, 4) is 0 Å². The molecule has 0 amide bonds. The van der Waals surface area contributed by atoms with Crippen molar-refractivity contribution in [2.24, 2.45) is 0 Å². The van der Waals surface area contributed by atoms with Gasteiger partial charge in [-0.1, -0.05) is 50.6 Å².